The number of nitrogens with two attached hydrogens (primary N) is 1. The molecule has 0 radical (unpaired) electrons. The first kappa shape index (κ1) is 9.95. The third kappa shape index (κ3) is 0.932. The molecule has 1 atom stereocenters. The number of carbonyl (C=O) groups is 1. The summed E-state index contributed by atoms with van der Waals surface area (Å²) in [5, 5.41) is 0. The quantitative estimate of drug-likeness (QED) is 0.587. The highest BCUT2D eigenvalue weighted by Crippen LogP contribution is 2.57. The fourth-order valence-corrected chi connectivity index (χ4v) is 3.46. The lowest BCUT2D eigenvalue weighted by atomic mass is 10.3. The molecule has 2 N–H and O–H groups in total. The van der Waals surface area contributed by atoms with Gasteiger partial charge in [0.05, 0.1) is 0 Å². The molecule has 1 rings (SSSR count). The number of amides is 1. The molecule has 3 nitrogen and oxygen atoms in total. The molecule has 70 valence electrons. The Labute approximate surface area is 79.6 Å². The van der Waals surface area contributed by atoms with E-state index in [2.05, 4.69) is 0 Å². The van der Waals surface area contributed by atoms with Crippen LogP contribution in [0, 0.1) is 0 Å². The predicted molar refractivity (Wildman–Crippen MR) is 57.4 cm³/mol. The van der Waals surface area contributed by atoms with Crippen molar-refractivity contribution in [1.82, 2.24) is 4.90 Å². The van der Waals surface area contributed by atoms with E-state index >= 15 is 0 Å². The van der Waals surface area contributed by atoms with E-state index in [0.717, 1.165) is 0 Å². The first-order chi connectivity index (χ1) is 5.23. The molecule has 0 spiro atoms. The van der Waals surface area contributed by atoms with Gasteiger partial charge in [-0.3, -0.25) is 9.69 Å². The molecular formula is C7H14N2OS2. The Morgan fingerprint density at radius 1 is 1.58 bits per heavy atom. The van der Waals surface area contributed by atoms with Crippen molar-refractivity contribution in [3.63, 3.8) is 0 Å². The molecule has 1 unspecified atom stereocenters. The van der Waals surface area contributed by atoms with Crippen LogP contribution in [0.2, 0.25) is 0 Å². The second-order valence-electron chi connectivity index (χ2n) is 3.56. The van der Waals surface area contributed by atoms with Crippen molar-refractivity contribution in [2.24, 2.45) is 5.73 Å². The van der Waals surface area contributed by atoms with Crippen LogP contribution in [0.15, 0.2) is 0 Å². The normalized spacial score (nSPS) is 37.2. The van der Waals surface area contributed by atoms with Crippen molar-refractivity contribution in [3.05, 3.63) is 0 Å². The van der Waals surface area contributed by atoms with Gasteiger partial charge in [0.2, 0.25) is 0 Å². The summed E-state index contributed by atoms with van der Waals surface area (Å²) in [6.45, 7) is 1.76. The number of thiocarbonyl (C=S) groups is 1. The molecule has 0 bridgehead atoms. The van der Waals surface area contributed by atoms with Crippen LogP contribution in [-0.2, 0) is 4.79 Å². The third-order valence-corrected chi connectivity index (χ3v) is 7.47. The van der Waals surface area contributed by atoms with E-state index in [1.807, 2.05) is 12.5 Å². The van der Waals surface area contributed by atoms with Crippen LogP contribution in [0.4, 0.5) is 0 Å². The van der Waals surface area contributed by atoms with E-state index < -0.39 is 14.9 Å². The highest BCUT2D eigenvalue weighted by molar-refractivity contribution is 8.50. The summed E-state index contributed by atoms with van der Waals surface area (Å²) in [7, 11) is 0.376. The molecule has 1 aliphatic rings. The van der Waals surface area contributed by atoms with Gasteiger partial charge >= 0.3 is 0 Å². The Hall–Kier alpha value is -0.130. The van der Waals surface area contributed by atoms with Gasteiger partial charge in [0, 0.05) is 7.05 Å². The van der Waals surface area contributed by atoms with E-state index in [-0.39, 0.29) is 5.91 Å². The van der Waals surface area contributed by atoms with Crippen LogP contribution in [0.5, 0.6) is 0 Å². The van der Waals surface area contributed by atoms with Gasteiger partial charge < -0.3 is 5.73 Å². The third-order valence-electron chi connectivity index (χ3n) is 2.50. The zero-order valence-electron chi connectivity index (χ0n) is 7.75. The number of carbonyl (C=O) groups excluding carboxylic acids is 1. The standard InChI is InChI=1S/C7H14N2OS2/c1-7(8)5(10)9(2)6(11)12(7,3)4/h8H2,1-4H3. The number of rotatable bonds is 0. The first-order valence-electron chi connectivity index (χ1n) is 3.57. The Bertz CT molecular complexity index is 234. The number of hydrogen-bond acceptors (Lipinski definition) is 3. The summed E-state index contributed by atoms with van der Waals surface area (Å²) < 4.78 is 0.706. The van der Waals surface area contributed by atoms with Gasteiger partial charge in [0.1, 0.15) is 9.19 Å². The zero-order chi connectivity index (χ0) is 9.73. The topological polar surface area (TPSA) is 46.3 Å². The van der Waals surface area contributed by atoms with E-state index in [0.29, 0.717) is 4.32 Å². The molecule has 1 fully saturated rings. The summed E-state index contributed by atoms with van der Waals surface area (Å²) in [6, 6.07) is 0. The van der Waals surface area contributed by atoms with Gasteiger partial charge in [-0.1, -0.05) is 12.2 Å². The van der Waals surface area contributed by atoms with Crippen molar-refractivity contribution < 1.29 is 4.79 Å². The van der Waals surface area contributed by atoms with Crippen molar-refractivity contribution in [2.45, 2.75) is 11.8 Å². The van der Waals surface area contributed by atoms with Crippen molar-refractivity contribution >= 4 is 32.5 Å². The maximum Gasteiger partial charge on any atom is 0.256 e. The number of nitrogens with zero attached hydrogens (tertiary/aromatic N) is 1. The maximum absolute atomic E-state index is 11.6. The van der Waals surface area contributed by atoms with Gasteiger partial charge in [-0.25, -0.2) is 0 Å². The lowest BCUT2D eigenvalue weighted by Crippen LogP contribution is -2.46. The van der Waals surface area contributed by atoms with Gasteiger partial charge in [-0.2, -0.15) is 10.0 Å². The van der Waals surface area contributed by atoms with E-state index in [1.165, 1.54) is 4.90 Å². The van der Waals surface area contributed by atoms with E-state index in [9.17, 15) is 4.79 Å². The van der Waals surface area contributed by atoms with Gasteiger partial charge in [-0.05, 0) is 19.4 Å². The number of hydrogen-bond donors (Lipinski definition) is 1. The molecule has 0 aromatic heterocycles. The highest BCUT2D eigenvalue weighted by atomic mass is 32.3. The fourth-order valence-electron chi connectivity index (χ4n) is 1.16. The Kier molecular flexibility index (Phi) is 2.02. The average molecular weight is 206 g/mol. The number of likely N-dealkylation sites (N-methyl/N-ethyl adjacent to an activating group) is 1. The minimum atomic E-state index is -1.32. The Morgan fingerprint density at radius 3 is 2.08 bits per heavy atom. The summed E-state index contributed by atoms with van der Waals surface area (Å²) >= 11 is 5.17. The Balaban J connectivity index is 3.24. The second-order valence-corrected chi connectivity index (χ2v) is 8.10. The molecule has 0 aromatic rings. The van der Waals surface area contributed by atoms with Crippen molar-refractivity contribution in [1.29, 1.82) is 0 Å². The lowest BCUT2D eigenvalue weighted by Gasteiger charge is -2.35. The maximum atomic E-state index is 11.6. The average Bonchev–Trinajstić information content (AvgIpc) is 2.05. The molecule has 1 heterocycles. The molecule has 1 amide bonds. The van der Waals surface area contributed by atoms with Crippen LogP contribution >= 0.6 is 22.2 Å². The fraction of sp³-hybridized carbons (Fsp3) is 0.714. The van der Waals surface area contributed by atoms with Crippen LogP contribution in [0.25, 0.3) is 0 Å². The first-order valence-corrected chi connectivity index (χ1v) is 6.42. The summed E-state index contributed by atoms with van der Waals surface area (Å²) in [4.78, 5) is 12.3. The van der Waals surface area contributed by atoms with Crippen molar-refractivity contribution in [3.8, 4) is 0 Å². The summed E-state index contributed by atoms with van der Waals surface area (Å²) in [6.07, 6.45) is 3.97. The highest BCUT2D eigenvalue weighted by Gasteiger charge is 2.52. The minimum absolute atomic E-state index is 0.0625. The zero-order valence-corrected chi connectivity index (χ0v) is 9.38. The summed E-state index contributed by atoms with van der Waals surface area (Å²) in [5.41, 5.74) is 5.94. The van der Waals surface area contributed by atoms with Crippen LogP contribution < -0.4 is 5.73 Å². The molecule has 0 saturated carbocycles. The van der Waals surface area contributed by atoms with Crippen LogP contribution in [0.1, 0.15) is 6.92 Å². The lowest BCUT2D eigenvalue weighted by molar-refractivity contribution is -0.127. The monoisotopic (exact) mass is 206 g/mol. The molecular weight excluding hydrogens is 192 g/mol. The molecule has 0 aliphatic carbocycles. The second kappa shape index (κ2) is 2.43. The molecule has 0 aromatic carbocycles. The largest absolute Gasteiger partial charge is 0.310 e. The SMILES string of the molecule is CN1C(=O)C(C)(N)S(C)(C)C1=S. The minimum Gasteiger partial charge on any atom is -0.310 e. The molecule has 1 saturated heterocycles. The molecule has 5 heteroatoms. The van der Waals surface area contributed by atoms with E-state index in [1.54, 1.807) is 14.0 Å². The van der Waals surface area contributed by atoms with Crippen molar-refractivity contribution in [2.75, 3.05) is 19.6 Å². The van der Waals surface area contributed by atoms with Crippen LogP contribution in [-0.4, -0.2) is 39.6 Å². The molecule has 12 heavy (non-hydrogen) atoms. The van der Waals surface area contributed by atoms with Crippen LogP contribution in [0.3, 0.4) is 0 Å². The van der Waals surface area contributed by atoms with Gasteiger partial charge in [0.15, 0.2) is 0 Å². The smallest absolute Gasteiger partial charge is 0.256 e. The summed E-state index contributed by atoms with van der Waals surface area (Å²) in [5.74, 6) is -0.0625. The van der Waals surface area contributed by atoms with Gasteiger partial charge in [-0.15, -0.1) is 0 Å². The Morgan fingerprint density at radius 2 is 2.00 bits per heavy atom. The van der Waals surface area contributed by atoms with E-state index in [4.69, 9.17) is 18.0 Å². The predicted octanol–water partition coefficient (Wildman–Crippen LogP) is 0.482. The molecule has 1 aliphatic heterocycles. The van der Waals surface area contributed by atoms with Gasteiger partial charge in [0.25, 0.3) is 5.91 Å².